The maximum absolute atomic E-state index is 12.1. The summed E-state index contributed by atoms with van der Waals surface area (Å²) in [5.74, 6) is -1.15. The number of aliphatic carboxylic acids is 1. The zero-order valence-corrected chi connectivity index (χ0v) is 40.5. The second-order valence-corrected chi connectivity index (χ2v) is 19.3. The average molecular weight is 883 g/mol. The summed E-state index contributed by atoms with van der Waals surface area (Å²) < 4.78 is 119. The van der Waals surface area contributed by atoms with E-state index in [0.717, 1.165) is 16.5 Å². The van der Waals surface area contributed by atoms with Gasteiger partial charge >= 0.3 is 65.1 Å². The summed E-state index contributed by atoms with van der Waals surface area (Å²) in [5.41, 5.74) is 1.95. The summed E-state index contributed by atoms with van der Waals surface area (Å²) in [6.45, 7) is 10.9. The number of carboxylic acid groups (broad SMARTS) is 1. The van der Waals surface area contributed by atoms with Gasteiger partial charge in [-0.2, -0.15) is 0 Å². The number of nitrogens with zero attached hydrogens (tertiary/aromatic N) is 2. The van der Waals surface area contributed by atoms with E-state index < -0.39 is 58.1 Å². The van der Waals surface area contributed by atoms with Crippen LogP contribution in [-0.4, -0.2) is 94.3 Å². The topological polar surface area (TPSA) is 238 Å². The zero-order valence-electron chi connectivity index (χ0n) is 34.0. The molecule has 0 fully saturated rings. The van der Waals surface area contributed by atoms with E-state index in [1.165, 1.54) is 18.2 Å². The minimum Gasteiger partial charge on any atom is -0.748 e. The van der Waals surface area contributed by atoms with Crippen LogP contribution in [0.5, 0.6) is 0 Å². The number of hydrogen-bond acceptors (Lipinski definition) is 13. The molecule has 0 radical (unpaired) electrons. The molecule has 1 aromatic rings. The number of carbonyl (C=O) groups is 1. The molecule has 1 atom stereocenters. The van der Waals surface area contributed by atoms with Gasteiger partial charge in [-0.3, -0.25) is 4.79 Å². The molecule has 4 rings (SSSR count). The van der Waals surface area contributed by atoms with Gasteiger partial charge in [-0.1, -0.05) is 26.8 Å². The van der Waals surface area contributed by atoms with Crippen LogP contribution in [0, 0.1) is 0 Å². The first-order valence-electron chi connectivity index (χ1n) is 18.0. The number of carboxylic acids is 1. The maximum atomic E-state index is 12.1. The number of fused-ring (bicyclic) bond motifs is 2. The summed E-state index contributed by atoms with van der Waals surface area (Å²) in [4.78, 5) is 12.4. The van der Waals surface area contributed by atoms with Crippen LogP contribution in [-0.2, 0) is 50.7 Å². The van der Waals surface area contributed by atoms with Crippen molar-refractivity contribution in [1.29, 1.82) is 0 Å². The number of ether oxygens (including phenoxy) is 1. The van der Waals surface area contributed by atoms with E-state index >= 15 is 0 Å². The molecule has 1 aliphatic carbocycles. The van der Waals surface area contributed by atoms with E-state index in [0.29, 0.717) is 41.6 Å². The maximum Gasteiger partial charge on any atom is 1.00 e. The van der Waals surface area contributed by atoms with Gasteiger partial charge in [0.1, 0.15) is 34.7 Å². The largest absolute Gasteiger partial charge is 1.00 e. The summed E-state index contributed by atoms with van der Waals surface area (Å²) in [6.07, 6.45) is 5.16. The van der Waals surface area contributed by atoms with Crippen LogP contribution in [0.1, 0.15) is 77.2 Å². The molecule has 0 spiro atoms. The van der Waals surface area contributed by atoms with Gasteiger partial charge in [0, 0.05) is 52.9 Å². The second kappa shape index (κ2) is 21.3. The molecule has 0 bridgehead atoms. The molecule has 58 heavy (non-hydrogen) atoms. The molecule has 0 aromatic heterocycles. The number of benzene rings is 2. The van der Waals surface area contributed by atoms with Gasteiger partial charge in [-0.15, -0.1) is 0 Å². The summed E-state index contributed by atoms with van der Waals surface area (Å²) in [5, 5.41) is 9.80. The Hall–Kier alpha value is -1.91. The monoisotopic (exact) mass is 882 g/mol. The Kier molecular flexibility index (Phi) is 19.1. The minimum absolute atomic E-state index is 0. The summed E-state index contributed by atoms with van der Waals surface area (Å²) in [7, 11) is -13.8. The molecule has 0 saturated heterocycles. The van der Waals surface area contributed by atoms with Crippen molar-refractivity contribution in [1.82, 2.24) is 4.58 Å². The van der Waals surface area contributed by atoms with E-state index in [1.54, 1.807) is 25.2 Å². The Morgan fingerprint density at radius 2 is 1.60 bits per heavy atom. The average Bonchev–Trinajstić information content (AvgIpc) is 3.30. The van der Waals surface area contributed by atoms with Crippen LogP contribution < -0.4 is 73.9 Å². The number of rotatable bonds is 18. The standard InChI is InChI=1S/C38H50N2O13S3.2Na/c1-6-39(18-9-23-55(46,47)48)27-12-14-30-31(37(2,3)4)25-28(53-34(30)24-27)10-7-11-35-38(5,17-8-22-54(43,44)45)32-26-29(56(49,50)51)13-15-33(32)40(35)19-21-52-20-16-36(41)42;;/h7,10-15,24-26H,6,8-9,16-23H2,1-5H3,(H3-,41,42,43,44,45,46,47,48,49,50,51);;/q;2*+1/p-2. The van der Waals surface area contributed by atoms with Crippen LogP contribution in [0.2, 0.25) is 0 Å². The van der Waals surface area contributed by atoms with Gasteiger partial charge in [0.2, 0.25) is 5.36 Å². The SMILES string of the molecule is CC[N+](CCCS(=O)(=O)[O-])=c1ccc2c(C(C)(C)C)cc(/C=C/C=C3/N(CCOCCC(=O)O)c4ccc(S(=O)(=O)[O-])cc4C3(C)CCCS(=O)(=O)[O-])oc-2c1.[Na+].[Na+]. The molecule has 20 heteroatoms. The molecular formula is C38H48N2Na2O13S3. The third-order valence-electron chi connectivity index (χ3n) is 9.65. The Labute approximate surface area is 385 Å². The van der Waals surface area contributed by atoms with Gasteiger partial charge in [0.15, 0.2) is 0 Å². The van der Waals surface area contributed by atoms with E-state index in [1.807, 2.05) is 40.7 Å². The normalized spacial score (nSPS) is 17.3. The van der Waals surface area contributed by atoms with E-state index in [-0.39, 0.29) is 110 Å². The van der Waals surface area contributed by atoms with Gasteiger partial charge in [-0.05, 0) is 85.7 Å². The molecule has 1 N–H and O–H groups in total. The van der Waals surface area contributed by atoms with Gasteiger partial charge in [0.05, 0.1) is 50.8 Å². The Balaban J connectivity index is 0.00000580. The van der Waals surface area contributed by atoms with E-state index in [2.05, 4.69) is 20.8 Å². The van der Waals surface area contributed by atoms with Crippen molar-refractivity contribution < 1.29 is 117 Å². The van der Waals surface area contributed by atoms with Crippen molar-refractivity contribution in [3.8, 4) is 11.3 Å². The van der Waals surface area contributed by atoms with Crippen molar-refractivity contribution in [2.45, 2.75) is 76.0 Å². The molecule has 2 aliphatic heterocycles. The van der Waals surface area contributed by atoms with Crippen LogP contribution in [0.15, 0.2) is 69.6 Å². The van der Waals surface area contributed by atoms with E-state index in [4.69, 9.17) is 14.3 Å². The van der Waals surface area contributed by atoms with Crippen molar-refractivity contribution in [2.75, 3.05) is 49.3 Å². The molecular weight excluding hydrogens is 835 g/mol. The predicted molar refractivity (Wildman–Crippen MR) is 207 cm³/mol. The van der Waals surface area contributed by atoms with Crippen molar-refractivity contribution >= 4 is 48.1 Å². The minimum atomic E-state index is -4.87. The number of allylic oxidation sites excluding steroid dienone is 3. The fourth-order valence-corrected chi connectivity index (χ4v) is 8.42. The Bertz CT molecular complexity index is 2370. The zero-order chi connectivity index (χ0) is 41.7. The van der Waals surface area contributed by atoms with Crippen molar-refractivity contribution in [2.24, 2.45) is 0 Å². The molecule has 2 heterocycles. The van der Waals surface area contributed by atoms with Crippen molar-refractivity contribution in [3.63, 3.8) is 0 Å². The van der Waals surface area contributed by atoms with Gasteiger partial charge in [-0.25, -0.2) is 29.8 Å². The molecule has 0 saturated carbocycles. The molecule has 15 nitrogen and oxygen atoms in total. The number of anilines is 1. The summed E-state index contributed by atoms with van der Waals surface area (Å²) >= 11 is 0. The quantitative estimate of drug-likeness (QED) is 0.0619. The molecule has 1 aromatic carbocycles. The second-order valence-electron chi connectivity index (χ2n) is 14.8. The molecule has 0 amide bonds. The van der Waals surface area contributed by atoms with Crippen LogP contribution in [0.25, 0.3) is 17.4 Å². The third kappa shape index (κ3) is 14.3. The fourth-order valence-electron chi connectivity index (χ4n) is 6.94. The van der Waals surface area contributed by atoms with E-state index in [9.17, 15) is 43.7 Å². The number of hydrogen-bond donors (Lipinski definition) is 1. The first kappa shape index (κ1) is 52.2. The van der Waals surface area contributed by atoms with Gasteiger partial charge in [0.25, 0.3) is 0 Å². The molecule has 1 unspecified atom stereocenters. The van der Waals surface area contributed by atoms with Gasteiger partial charge < -0.3 is 32.8 Å². The van der Waals surface area contributed by atoms with Crippen LogP contribution >= 0.6 is 0 Å². The fraction of sp³-hybridized carbons (Fsp3) is 0.474. The Morgan fingerprint density at radius 3 is 2.19 bits per heavy atom. The third-order valence-corrected chi connectivity index (χ3v) is 12.1. The van der Waals surface area contributed by atoms with Crippen molar-refractivity contribution in [3.05, 3.63) is 82.6 Å². The molecule has 3 aliphatic rings. The Morgan fingerprint density at radius 1 is 0.948 bits per heavy atom. The van der Waals surface area contributed by atoms with Crippen LogP contribution in [0.3, 0.4) is 0 Å². The summed E-state index contributed by atoms with van der Waals surface area (Å²) in [6, 6.07) is 11.6. The molecule has 308 valence electrons. The first-order valence-corrected chi connectivity index (χ1v) is 22.6. The van der Waals surface area contributed by atoms with Crippen LogP contribution in [0.4, 0.5) is 5.69 Å². The predicted octanol–water partition coefficient (Wildman–Crippen LogP) is -2.19. The first-order chi connectivity index (χ1) is 25.9. The smallest absolute Gasteiger partial charge is 0.748 e.